The Balaban J connectivity index is 0.000000175. The van der Waals surface area contributed by atoms with E-state index in [-0.39, 0.29) is 23.6 Å². The van der Waals surface area contributed by atoms with Gasteiger partial charge in [-0.15, -0.1) is 11.3 Å². The molecule has 332 valence electrons. The number of thiazole rings is 1. The average Bonchev–Trinajstić information content (AvgIpc) is 4.13. The summed E-state index contributed by atoms with van der Waals surface area (Å²) in [6.45, 7) is 6.38. The van der Waals surface area contributed by atoms with Crippen molar-refractivity contribution < 1.29 is 19.2 Å². The molecule has 15 nitrogen and oxygen atoms in total. The number of carbonyl (C=O) groups is 4. The van der Waals surface area contributed by atoms with E-state index in [0.29, 0.717) is 41.7 Å². The number of hydrogen-bond donors (Lipinski definition) is 2. The molecule has 2 fully saturated rings. The van der Waals surface area contributed by atoms with Gasteiger partial charge >= 0.3 is 0 Å². The number of carbonyl (C=O) groups excluding carboxylic acids is 4. The number of unbranched alkanes of at least 4 members (excludes halogenated alkanes) is 2. The van der Waals surface area contributed by atoms with E-state index in [0.717, 1.165) is 123 Å². The topological polar surface area (TPSA) is 172 Å². The fourth-order valence-electron chi connectivity index (χ4n) is 8.52. The molecule has 2 aliphatic rings. The highest BCUT2D eigenvalue weighted by molar-refractivity contribution is 7.16. The van der Waals surface area contributed by atoms with Gasteiger partial charge in [0.15, 0.2) is 0 Å². The van der Waals surface area contributed by atoms with Crippen LogP contribution >= 0.6 is 11.3 Å². The van der Waals surface area contributed by atoms with Crippen LogP contribution in [0.2, 0.25) is 0 Å². The molecule has 0 spiro atoms. The molecule has 4 amide bonds. The summed E-state index contributed by atoms with van der Waals surface area (Å²) in [5, 5.41) is 6.01. The third kappa shape index (κ3) is 11.3. The molecule has 0 aliphatic carbocycles. The molecule has 6 aromatic heterocycles. The van der Waals surface area contributed by atoms with E-state index in [1.54, 1.807) is 48.4 Å². The van der Waals surface area contributed by atoms with Crippen LogP contribution in [0.1, 0.15) is 111 Å². The van der Waals surface area contributed by atoms with E-state index in [9.17, 15) is 19.2 Å². The maximum absolute atomic E-state index is 12.9. The van der Waals surface area contributed by atoms with E-state index in [4.69, 9.17) is 0 Å². The first-order valence-electron chi connectivity index (χ1n) is 22.4. The van der Waals surface area contributed by atoms with Crippen LogP contribution in [-0.4, -0.2) is 106 Å². The zero-order valence-electron chi connectivity index (χ0n) is 36.3. The summed E-state index contributed by atoms with van der Waals surface area (Å²) < 4.78 is 4.76. The molecular weight excluding hydrogens is 827 g/mol. The molecule has 8 heterocycles. The maximum Gasteiger partial charge on any atom is 0.274 e. The number of aromatic nitrogens is 7. The van der Waals surface area contributed by atoms with Crippen LogP contribution < -0.4 is 10.6 Å². The highest BCUT2D eigenvalue weighted by Gasteiger charge is 2.25. The lowest BCUT2D eigenvalue weighted by molar-refractivity contribution is 0.0674. The predicted octanol–water partition coefficient (Wildman–Crippen LogP) is 7.28. The molecule has 0 saturated carbocycles. The van der Waals surface area contributed by atoms with Gasteiger partial charge in [0.1, 0.15) is 17.0 Å². The van der Waals surface area contributed by atoms with Crippen LogP contribution in [0.25, 0.3) is 21.5 Å². The van der Waals surface area contributed by atoms with Gasteiger partial charge in [-0.05, 0) is 99.7 Å². The molecular formula is C48H55N11O4S. The van der Waals surface area contributed by atoms with Gasteiger partial charge in [0.05, 0.1) is 38.7 Å². The molecule has 0 radical (unpaired) electrons. The summed E-state index contributed by atoms with van der Waals surface area (Å²) in [6, 6.07) is 13.1. The first kappa shape index (κ1) is 44.1. The van der Waals surface area contributed by atoms with Crippen molar-refractivity contribution in [3.8, 4) is 0 Å². The molecule has 9 rings (SSSR count). The molecule has 64 heavy (non-hydrogen) atoms. The molecule has 0 atom stereocenters. The smallest absolute Gasteiger partial charge is 0.274 e. The fourth-order valence-corrected chi connectivity index (χ4v) is 9.23. The van der Waals surface area contributed by atoms with Gasteiger partial charge in [-0.1, -0.05) is 25.7 Å². The number of imidazole rings is 2. The Hall–Kier alpha value is -6.55. The number of likely N-dealkylation sites (tertiary alicyclic amines) is 2. The highest BCUT2D eigenvalue weighted by Crippen LogP contribution is 2.26. The van der Waals surface area contributed by atoms with Crippen molar-refractivity contribution in [2.45, 2.75) is 71.1 Å². The number of piperidine rings is 2. The van der Waals surface area contributed by atoms with Crippen LogP contribution in [-0.2, 0) is 0 Å². The SMILES string of the molecule is Cc1cnc(C(=O)N2CCC(CCCCNC(=O)c3ccc4nccn4c3)CC2)cn1.O=C(NCCCCC1CCN(C(=O)c2ccc3ncsc3c2)CC1)c1ccc2nccn2c1. The minimum absolute atomic E-state index is 0.0254. The van der Waals surface area contributed by atoms with Crippen LogP contribution in [0.4, 0.5) is 0 Å². The minimum atomic E-state index is -0.0541. The first-order chi connectivity index (χ1) is 31.3. The van der Waals surface area contributed by atoms with E-state index in [1.807, 2.05) is 86.0 Å². The van der Waals surface area contributed by atoms with Crippen molar-refractivity contribution in [1.82, 2.24) is 54.2 Å². The van der Waals surface area contributed by atoms with Crippen LogP contribution in [0.5, 0.6) is 0 Å². The number of benzene rings is 1. The van der Waals surface area contributed by atoms with Crippen molar-refractivity contribution >= 4 is 56.5 Å². The van der Waals surface area contributed by atoms with Crippen molar-refractivity contribution in [2.24, 2.45) is 11.8 Å². The third-order valence-corrected chi connectivity index (χ3v) is 13.1. The highest BCUT2D eigenvalue weighted by atomic mass is 32.1. The molecule has 2 saturated heterocycles. The molecule has 2 N–H and O–H groups in total. The van der Waals surface area contributed by atoms with Gasteiger partial charge in [0.2, 0.25) is 0 Å². The Kier molecular flexibility index (Phi) is 14.6. The summed E-state index contributed by atoms with van der Waals surface area (Å²) in [6.07, 6.45) is 24.4. The number of nitrogens with zero attached hydrogens (tertiary/aromatic N) is 9. The number of aryl methyl sites for hydroxylation is 1. The number of nitrogens with one attached hydrogen (secondary N) is 2. The standard InChI is InChI=1S/C25H27N5O2S.C23H28N6O2/c31-24(20-5-7-23-26-11-14-30(23)16-20)27-10-2-1-3-18-8-12-29(13-9-18)25(32)19-4-6-21-22(15-19)33-17-28-21;1-17-14-27-20(15-26-17)23(31)28-11-7-18(8-12-28)4-2-3-9-25-22(30)19-5-6-21-24-10-13-29(21)16-19/h4-7,11,14-18H,1-3,8-10,12-13H2,(H,27,31);5-6,10,13-16,18H,2-4,7-9,11-12H2,1H3,(H,25,30). The lowest BCUT2D eigenvalue weighted by Gasteiger charge is -2.32. The molecule has 1 aromatic carbocycles. The summed E-state index contributed by atoms with van der Waals surface area (Å²) in [4.78, 5) is 75.0. The Bertz CT molecular complexity index is 2680. The lowest BCUT2D eigenvalue weighted by atomic mass is 9.91. The van der Waals surface area contributed by atoms with Crippen molar-refractivity contribution in [3.05, 3.63) is 126 Å². The second-order valence-electron chi connectivity index (χ2n) is 16.8. The van der Waals surface area contributed by atoms with E-state index in [1.165, 1.54) is 0 Å². The average molecular weight is 882 g/mol. The van der Waals surface area contributed by atoms with Gasteiger partial charge < -0.3 is 29.2 Å². The number of fused-ring (bicyclic) bond motifs is 3. The van der Waals surface area contributed by atoms with Crippen molar-refractivity contribution in [2.75, 3.05) is 39.3 Å². The largest absolute Gasteiger partial charge is 0.352 e. The normalized spacial score (nSPS) is 14.7. The van der Waals surface area contributed by atoms with E-state index in [2.05, 4.69) is 35.6 Å². The minimum Gasteiger partial charge on any atom is -0.352 e. The first-order valence-corrected chi connectivity index (χ1v) is 23.3. The Labute approximate surface area is 376 Å². The molecule has 0 unspecified atom stereocenters. The molecule has 16 heteroatoms. The summed E-state index contributed by atoms with van der Waals surface area (Å²) in [7, 11) is 0. The number of hydrogen-bond acceptors (Lipinski definition) is 10. The summed E-state index contributed by atoms with van der Waals surface area (Å²) >= 11 is 1.57. The molecule has 0 bridgehead atoms. The van der Waals surface area contributed by atoms with Crippen molar-refractivity contribution in [3.63, 3.8) is 0 Å². The van der Waals surface area contributed by atoms with Gasteiger partial charge in [-0.2, -0.15) is 0 Å². The van der Waals surface area contributed by atoms with Gasteiger partial charge in [0, 0.05) is 88.2 Å². The zero-order valence-corrected chi connectivity index (χ0v) is 37.1. The molecule has 2 aliphatic heterocycles. The van der Waals surface area contributed by atoms with Crippen molar-refractivity contribution in [1.29, 1.82) is 0 Å². The second-order valence-corrected chi connectivity index (χ2v) is 17.7. The Morgan fingerprint density at radius 1 is 0.625 bits per heavy atom. The van der Waals surface area contributed by atoms with Crippen LogP contribution in [0.3, 0.4) is 0 Å². The van der Waals surface area contributed by atoms with E-state index >= 15 is 0 Å². The quantitative estimate of drug-likeness (QED) is 0.107. The molecule has 7 aromatic rings. The predicted molar refractivity (Wildman–Crippen MR) is 246 cm³/mol. The number of pyridine rings is 2. The van der Waals surface area contributed by atoms with Gasteiger partial charge in [0.25, 0.3) is 23.6 Å². The number of amides is 4. The fraction of sp³-hybridized carbons (Fsp3) is 0.396. The third-order valence-electron chi connectivity index (χ3n) is 12.3. The summed E-state index contributed by atoms with van der Waals surface area (Å²) in [5.74, 6) is 1.28. The van der Waals surface area contributed by atoms with Crippen LogP contribution in [0.15, 0.2) is 97.5 Å². The van der Waals surface area contributed by atoms with Gasteiger partial charge in [-0.3, -0.25) is 24.2 Å². The maximum atomic E-state index is 12.9. The van der Waals surface area contributed by atoms with Gasteiger partial charge in [-0.25, -0.2) is 19.9 Å². The second kappa shape index (κ2) is 21.2. The zero-order chi connectivity index (χ0) is 44.3. The van der Waals surface area contributed by atoms with E-state index < -0.39 is 0 Å². The lowest BCUT2D eigenvalue weighted by Crippen LogP contribution is -2.39. The monoisotopic (exact) mass is 881 g/mol. The summed E-state index contributed by atoms with van der Waals surface area (Å²) in [5.41, 5.74) is 7.71. The number of rotatable bonds is 14. The van der Waals surface area contributed by atoms with Crippen LogP contribution in [0, 0.1) is 18.8 Å². The Morgan fingerprint density at radius 3 is 1.72 bits per heavy atom. The Morgan fingerprint density at radius 2 is 1.17 bits per heavy atom.